The normalized spacial score (nSPS) is 13.4. The van der Waals surface area contributed by atoms with Gasteiger partial charge in [-0.15, -0.1) is 0 Å². The number of aromatic nitrogens is 1. The van der Waals surface area contributed by atoms with Gasteiger partial charge in [-0.1, -0.05) is 42.5 Å². The molecule has 1 unspecified atom stereocenters. The van der Waals surface area contributed by atoms with E-state index >= 15 is 0 Å². The van der Waals surface area contributed by atoms with Crippen LogP contribution in [0, 0.1) is 6.92 Å². The zero-order valence-electron chi connectivity index (χ0n) is 12.5. The van der Waals surface area contributed by atoms with Crippen molar-refractivity contribution in [2.24, 2.45) is 0 Å². The molecule has 0 saturated carbocycles. The summed E-state index contributed by atoms with van der Waals surface area (Å²) in [5.41, 5.74) is 3.29. The van der Waals surface area contributed by atoms with E-state index in [1.165, 1.54) is 0 Å². The largest absolute Gasteiger partial charge is 0.391 e. The van der Waals surface area contributed by atoms with Crippen molar-refractivity contribution in [3.05, 3.63) is 59.7 Å². The lowest BCUT2D eigenvalue weighted by Gasteiger charge is -2.15. The maximum Gasteiger partial charge on any atom is 0.391 e. The van der Waals surface area contributed by atoms with Crippen LogP contribution in [0.25, 0.3) is 22.2 Å². The maximum absolute atomic E-state index is 12.7. The third kappa shape index (κ3) is 3.24. The fraction of sp³-hybridized carbons (Fsp3) is 0.222. The van der Waals surface area contributed by atoms with Gasteiger partial charge < -0.3 is 10.1 Å². The predicted octanol–water partition coefficient (Wildman–Crippen LogP) is 5.13. The van der Waals surface area contributed by atoms with E-state index in [1.807, 2.05) is 37.3 Å². The van der Waals surface area contributed by atoms with Gasteiger partial charge in [0.2, 0.25) is 0 Å². The molecule has 0 saturated heterocycles. The van der Waals surface area contributed by atoms with Crippen molar-refractivity contribution in [1.82, 2.24) is 4.98 Å². The second-order valence-corrected chi connectivity index (χ2v) is 5.66. The molecule has 0 spiro atoms. The highest BCUT2D eigenvalue weighted by Gasteiger charge is 2.34. The fourth-order valence-corrected chi connectivity index (χ4v) is 2.83. The molecule has 0 radical (unpaired) electrons. The average Bonchev–Trinajstić information content (AvgIpc) is 2.85. The molecular formula is C18H16F3NO. The molecule has 3 aromatic rings. The Balaban J connectivity index is 2.20. The number of H-pyrrole nitrogens is 1. The SMILES string of the molecule is Cc1ccc2c(C(O)CC(F)(F)F)c(-c3ccccc3)[nH]c2c1. The number of aryl methyl sites for hydroxylation is 1. The fourth-order valence-electron chi connectivity index (χ4n) is 2.83. The number of halogens is 3. The lowest BCUT2D eigenvalue weighted by atomic mass is 9.98. The van der Waals surface area contributed by atoms with Gasteiger partial charge in [0.05, 0.1) is 18.2 Å². The molecule has 2 aromatic carbocycles. The minimum atomic E-state index is -4.43. The van der Waals surface area contributed by atoms with E-state index < -0.39 is 18.7 Å². The Labute approximate surface area is 131 Å². The highest BCUT2D eigenvalue weighted by atomic mass is 19.4. The van der Waals surface area contributed by atoms with Gasteiger partial charge in [0.15, 0.2) is 0 Å². The summed E-state index contributed by atoms with van der Waals surface area (Å²) < 4.78 is 38.2. The third-order valence-corrected chi connectivity index (χ3v) is 3.81. The number of aliphatic hydroxyl groups is 1. The lowest BCUT2D eigenvalue weighted by molar-refractivity contribution is -0.154. The molecule has 1 heterocycles. The third-order valence-electron chi connectivity index (χ3n) is 3.81. The summed E-state index contributed by atoms with van der Waals surface area (Å²) in [4.78, 5) is 3.16. The minimum absolute atomic E-state index is 0.295. The topological polar surface area (TPSA) is 36.0 Å². The molecule has 3 rings (SSSR count). The van der Waals surface area contributed by atoms with Crippen molar-refractivity contribution in [3.63, 3.8) is 0 Å². The standard InChI is InChI=1S/C18H16F3NO/c1-11-7-8-13-14(9-11)22-17(12-5-3-2-4-6-12)16(13)15(23)10-18(19,20)21/h2-9,15,22-23H,10H2,1H3. The molecule has 23 heavy (non-hydrogen) atoms. The van der Waals surface area contributed by atoms with E-state index in [-0.39, 0.29) is 0 Å². The van der Waals surface area contributed by atoms with Crippen LogP contribution >= 0.6 is 0 Å². The molecule has 0 aliphatic heterocycles. The van der Waals surface area contributed by atoms with Crippen LogP contribution in [0.15, 0.2) is 48.5 Å². The summed E-state index contributed by atoms with van der Waals surface area (Å²) in [5.74, 6) is 0. The second kappa shape index (κ2) is 5.74. The first-order valence-electron chi connectivity index (χ1n) is 7.27. The molecule has 1 aromatic heterocycles. The van der Waals surface area contributed by atoms with Crippen LogP contribution in [0.2, 0.25) is 0 Å². The van der Waals surface area contributed by atoms with Gasteiger partial charge in [-0.2, -0.15) is 13.2 Å². The first-order valence-corrected chi connectivity index (χ1v) is 7.27. The van der Waals surface area contributed by atoms with Gasteiger partial charge in [0.1, 0.15) is 0 Å². The van der Waals surface area contributed by atoms with Crippen LogP contribution in [0.1, 0.15) is 23.7 Å². The Morgan fingerprint density at radius 2 is 1.78 bits per heavy atom. The quantitative estimate of drug-likeness (QED) is 0.690. The van der Waals surface area contributed by atoms with Crippen LogP contribution in [-0.4, -0.2) is 16.3 Å². The lowest BCUT2D eigenvalue weighted by Crippen LogP contribution is -2.14. The van der Waals surface area contributed by atoms with Crippen molar-refractivity contribution in [2.45, 2.75) is 25.6 Å². The summed E-state index contributed by atoms with van der Waals surface area (Å²) in [6, 6.07) is 14.5. The highest BCUT2D eigenvalue weighted by Crippen LogP contribution is 2.39. The van der Waals surface area contributed by atoms with Crippen LogP contribution < -0.4 is 0 Å². The summed E-state index contributed by atoms with van der Waals surface area (Å²) in [7, 11) is 0. The number of hydrogen-bond acceptors (Lipinski definition) is 1. The van der Waals surface area contributed by atoms with Crippen LogP contribution in [0.5, 0.6) is 0 Å². The van der Waals surface area contributed by atoms with Crippen molar-refractivity contribution in [2.75, 3.05) is 0 Å². The van der Waals surface area contributed by atoms with Crippen LogP contribution in [0.3, 0.4) is 0 Å². The first-order chi connectivity index (χ1) is 10.8. The number of fused-ring (bicyclic) bond motifs is 1. The van der Waals surface area contributed by atoms with Crippen molar-refractivity contribution < 1.29 is 18.3 Å². The van der Waals surface area contributed by atoms with Crippen LogP contribution in [-0.2, 0) is 0 Å². The molecule has 1 atom stereocenters. The number of aliphatic hydroxyl groups excluding tert-OH is 1. The van der Waals surface area contributed by atoms with E-state index in [9.17, 15) is 18.3 Å². The predicted molar refractivity (Wildman–Crippen MR) is 84.1 cm³/mol. The Hall–Kier alpha value is -2.27. The van der Waals surface area contributed by atoms with E-state index in [0.29, 0.717) is 16.6 Å². The van der Waals surface area contributed by atoms with E-state index in [1.54, 1.807) is 18.2 Å². The van der Waals surface area contributed by atoms with Crippen molar-refractivity contribution in [1.29, 1.82) is 0 Å². The molecule has 120 valence electrons. The number of alkyl halides is 3. The van der Waals surface area contributed by atoms with Crippen molar-refractivity contribution in [3.8, 4) is 11.3 Å². The molecule has 0 amide bonds. The molecule has 0 fully saturated rings. The van der Waals surface area contributed by atoms with Gasteiger partial charge >= 0.3 is 6.18 Å². The van der Waals surface area contributed by atoms with Gasteiger partial charge in [-0.25, -0.2) is 0 Å². The molecule has 5 heteroatoms. The monoisotopic (exact) mass is 319 g/mol. The van der Waals surface area contributed by atoms with Crippen molar-refractivity contribution >= 4 is 10.9 Å². The molecule has 2 nitrogen and oxygen atoms in total. The maximum atomic E-state index is 12.7. The van der Waals surface area contributed by atoms with Gasteiger partial charge in [-0.05, 0) is 24.1 Å². The molecule has 0 aliphatic carbocycles. The van der Waals surface area contributed by atoms with E-state index in [0.717, 1.165) is 16.6 Å². The Kier molecular flexibility index (Phi) is 3.90. The minimum Gasteiger partial charge on any atom is -0.388 e. The van der Waals surface area contributed by atoms with Gasteiger partial charge in [0.25, 0.3) is 0 Å². The summed E-state index contributed by atoms with van der Waals surface area (Å²) in [6.07, 6.45) is -7.31. The Morgan fingerprint density at radius 3 is 2.43 bits per heavy atom. The number of nitrogens with one attached hydrogen (secondary N) is 1. The molecule has 0 aliphatic rings. The van der Waals surface area contributed by atoms with E-state index in [4.69, 9.17) is 0 Å². The average molecular weight is 319 g/mol. The van der Waals surface area contributed by atoms with Gasteiger partial charge in [0, 0.05) is 16.5 Å². The Bertz CT molecular complexity index is 821. The number of benzene rings is 2. The summed E-state index contributed by atoms with van der Waals surface area (Å²) >= 11 is 0. The zero-order valence-corrected chi connectivity index (χ0v) is 12.5. The Morgan fingerprint density at radius 1 is 1.09 bits per heavy atom. The summed E-state index contributed by atoms with van der Waals surface area (Å²) in [5, 5.41) is 10.8. The van der Waals surface area contributed by atoms with Crippen LogP contribution in [0.4, 0.5) is 13.2 Å². The van der Waals surface area contributed by atoms with E-state index in [2.05, 4.69) is 4.98 Å². The molecule has 0 bridgehead atoms. The second-order valence-electron chi connectivity index (χ2n) is 5.66. The zero-order chi connectivity index (χ0) is 16.6. The highest BCUT2D eigenvalue weighted by molar-refractivity contribution is 5.91. The number of rotatable bonds is 3. The molecular weight excluding hydrogens is 303 g/mol. The number of hydrogen-bond donors (Lipinski definition) is 2. The summed E-state index contributed by atoms with van der Waals surface area (Å²) in [6.45, 7) is 1.91. The smallest absolute Gasteiger partial charge is 0.388 e. The first kappa shape index (κ1) is 15.6. The number of aromatic amines is 1. The van der Waals surface area contributed by atoms with Gasteiger partial charge in [-0.3, -0.25) is 0 Å². The molecule has 2 N–H and O–H groups in total.